The van der Waals surface area contributed by atoms with E-state index in [2.05, 4.69) is 4.90 Å². The molecule has 0 atom stereocenters. The fourth-order valence-electron chi connectivity index (χ4n) is 3.70. The molecule has 26 heavy (non-hydrogen) atoms. The third-order valence-electron chi connectivity index (χ3n) is 5.23. The fourth-order valence-corrected chi connectivity index (χ4v) is 3.70. The van der Waals surface area contributed by atoms with E-state index in [1.54, 1.807) is 12.1 Å². The predicted octanol–water partition coefficient (Wildman–Crippen LogP) is 2.70. The van der Waals surface area contributed by atoms with E-state index in [-0.39, 0.29) is 24.4 Å². The van der Waals surface area contributed by atoms with E-state index >= 15 is 0 Å². The minimum absolute atomic E-state index is 0.00163. The topological polar surface area (TPSA) is 42.0 Å². The Morgan fingerprint density at radius 1 is 1.15 bits per heavy atom. The zero-order valence-corrected chi connectivity index (χ0v) is 15.4. The Morgan fingerprint density at radius 3 is 2.54 bits per heavy atom. The first-order chi connectivity index (χ1) is 12.7. The lowest BCUT2D eigenvalue weighted by molar-refractivity contribution is -0.138. The van der Waals surface area contributed by atoms with Crippen LogP contribution in [0.15, 0.2) is 24.3 Å². The Labute approximate surface area is 155 Å². The molecular formula is C20H29FN2O3. The van der Waals surface area contributed by atoms with Gasteiger partial charge in [-0.25, -0.2) is 4.39 Å². The van der Waals surface area contributed by atoms with Gasteiger partial charge in [0, 0.05) is 32.3 Å². The van der Waals surface area contributed by atoms with Crippen LogP contribution in [0, 0.1) is 5.82 Å². The van der Waals surface area contributed by atoms with Crippen molar-refractivity contribution in [2.45, 2.75) is 38.1 Å². The maximum atomic E-state index is 13.0. The minimum atomic E-state index is -0.311. The van der Waals surface area contributed by atoms with Crippen LogP contribution in [0.1, 0.15) is 32.1 Å². The number of hydrogen-bond acceptors (Lipinski definition) is 4. The highest BCUT2D eigenvalue weighted by Gasteiger charge is 2.26. The van der Waals surface area contributed by atoms with Crippen molar-refractivity contribution in [2.24, 2.45) is 0 Å². The van der Waals surface area contributed by atoms with Gasteiger partial charge in [-0.1, -0.05) is 6.42 Å². The van der Waals surface area contributed by atoms with Crippen molar-refractivity contribution in [2.75, 3.05) is 46.0 Å². The number of nitrogens with zero attached hydrogens (tertiary/aromatic N) is 2. The second-order valence-corrected chi connectivity index (χ2v) is 7.08. The van der Waals surface area contributed by atoms with E-state index < -0.39 is 0 Å². The zero-order valence-electron chi connectivity index (χ0n) is 15.4. The molecular weight excluding hydrogens is 335 g/mol. The standard InChI is InChI=1S/C20H29FN2O3/c21-17-4-6-19(7-5-17)26-16-20(24)23(18-8-14-25-15-9-18)13-12-22-10-2-1-3-11-22/h4-7,18H,1-3,8-16H2. The number of benzene rings is 1. The van der Waals surface area contributed by atoms with Crippen molar-refractivity contribution in [3.8, 4) is 5.75 Å². The Balaban J connectivity index is 1.55. The average Bonchev–Trinajstić information content (AvgIpc) is 2.69. The highest BCUT2D eigenvalue weighted by molar-refractivity contribution is 5.78. The first kappa shape index (κ1) is 19.1. The number of amides is 1. The van der Waals surface area contributed by atoms with Crippen LogP contribution < -0.4 is 4.74 Å². The molecule has 2 heterocycles. The van der Waals surface area contributed by atoms with Crippen molar-refractivity contribution < 1.29 is 18.7 Å². The van der Waals surface area contributed by atoms with Gasteiger partial charge in [0.05, 0.1) is 0 Å². The molecule has 5 nitrogen and oxygen atoms in total. The average molecular weight is 364 g/mol. The highest BCUT2D eigenvalue weighted by Crippen LogP contribution is 2.17. The van der Waals surface area contributed by atoms with E-state index in [0.29, 0.717) is 19.0 Å². The molecule has 2 aliphatic rings. The van der Waals surface area contributed by atoms with Gasteiger partial charge in [-0.05, 0) is 63.0 Å². The molecule has 0 radical (unpaired) electrons. The molecule has 3 rings (SSSR count). The molecule has 144 valence electrons. The van der Waals surface area contributed by atoms with E-state index in [9.17, 15) is 9.18 Å². The van der Waals surface area contributed by atoms with Crippen LogP contribution >= 0.6 is 0 Å². The molecule has 0 aliphatic carbocycles. The Hall–Kier alpha value is -1.66. The molecule has 2 fully saturated rings. The second-order valence-electron chi connectivity index (χ2n) is 7.08. The molecule has 0 aromatic heterocycles. The molecule has 2 aliphatic heterocycles. The summed E-state index contributed by atoms with van der Waals surface area (Å²) in [6, 6.07) is 6.00. The first-order valence-electron chi connectivity index (χ1n) is 9.70. The number of carbonyl (C=O) groups excluding carboxylic acids is 1. The Bertz CT molecular complexity index is 555. The normalized spacial score (nSPS) is 19.3. The number of carbonyl (C=O) groups is 1. The van der Waals surface area contributed by atoms with Gasteiger partial charge < -0.3 is 19.3 Å². The summed E-state index contributed by atoms with van der Waals surface area (Å²) in [5, 5.41) is 0. The van der Waals surface area contributed by atoms with Crippen molar-refractivity contribution in [1.82, 2.24) is 9.80 Å². The number of hydrogen-bond donors (Lipinski definition) is 0. The molecule has 1 aromatic rings. The van der Waals surface area contributed by atoms with Crippen molar-refractivity contribution in [3.63, 3.8) is 0 Å². The highest BCUT2D eigenvalue weighted by atomic mass is 19.1. The second kappa shape index (κ2) is 9.88. The van der Waals surface area contributed by atoms with Crippen LogP contribution in [-0.2, 0) is 9.53 Å². The third-order valence-corrected chi connectivity index (χ3v) is 5.23. The van der Waals surface area contributed by atoms with Crippen LogP contribution in [-0.4, -0.2) is 67.7 Å². The summed E-state index contributed by atoms with van der Waals surface area (Å²) in [6.45, 7) is 5.30. The summed E-state index contributed by atoms with van der Waals surface area (Å²) in [5.41, 5.74) is 0. The summed E-state index contributed by atoms with van der Waals surface area (Å²) in [7, 11) is 0. The molecule has 0 unspecified atom stereocenters. The number of halogens is 1. The first-order valence-corrected chi connectivity index (χ1v) is 9.70. The lowest BCUT2D eigenvalue weighted by Gasteiger charge is -2.36. The van der Waals surface area contributed by atoms with Crippen LogP contribution in [0.5, 0.6) is 5.75 Å². The lowest BCUT2D eigenvalue weighted by atomic mass is 10.1. The lowest BCUT2D eigenvalue weighted by Crippen LogP contribution is -2.49. The molecule has 1 amide bonds. The molecule has 0 N–H and O–H groups in total. The maximum Gasteiger partial charge on any atom is 0.260 e. The predicted molar refractivity (Wildman–Crippen MR) is 97.7 cm³/mol. The molecule has 2 saturated heterocycles. The summed E-state index contributed by atoms with van der Waals surface area (Å²) >= 11 is 0. The van der Waals surface area contributed by atoms with Gasteiger partial charge in [-0.2, -0.15) is 0 Å². The van der Waals surface area contributed by atoms with Crippen LogP contribution in [0.4, 0.5) is 4.39 Å². The monoisotopic (exact) mass is 364 g/mol. The Morgan fingerprint density at radius 2 is 1.85 bits per heavy atom. The largest absolute Gasteiger partial charge is 0.484 e. The number of ether oxygens (including phenoxy) is 2. The summed E-state index contributed by atoms with van der Waals surface area (Å²) in [5.74, 6) is 0.204. The van der Waals surface area contributed by atoms with Gasteiger partial charge in [-0.15, -0.1) is 0 Å². The SMILES string of the molecule is O=C(COc1ccc(F)cc1)N(CCN1CCCCC1)C1CCOCC1. The number of rotatable bonds is 7. The summed E-state index contributed by atoms with van der Waals surface area (Å²) in [6.07, 6.45) is 5.56. The van der Waals surface area contributed by atoms with E-state index in [1.807, 2.05) is 4.90 Å². The van der Waals surface area contributed by atoms with Crippen LogP contribution in [0.2, 0.25) is 0 Å². The number of piperidine rings is 1. The summed E-state index contributed by atoms with van der Waals surface area (Å²) < 4.78 is 24.0. The minimum Gasteiger partial charge on any atom is -0.484 e. The van der Waals surface area contributed by atoms with Gasteiger partial charge in [0.1, 0.15) is 11.6 Å². The quantitative estimate of drug-likeness (QED) is 0.746. The van der Waals surface area contributed by atoms with Gasteiger partial charge in [0.15, 0.2) is 6.61 Å². The van der Waals surface area contributed by atoms with Gasteiger partial charge >= 0.3 is 0 Å². The Kier molecular flexibility index (Phi) is 7.26. The van der Waals surface area contributed by atoms with E-state index in [0.717, 1.165) is 39.0 Å². The third kappa shape index (κ3) is 5.68. The fraction of sp³-hybridized carbons (Fsp3) is 0.650. The van der Waals surface area contributed by atoms with Gasteiger partial charge in [-0.3, -0.25) is 4.79 Å². The smallest absolute Gasteiger partial charge is 0.260 e. The van der Waals surface area contributed by atoms with Crippen LogP contribution in [0.25, 0.3) is 0 Å². The van der Waals surface area contributed by atoms with Crippen molar-refractivity contribution in [1.29, 1.82) is 0 Å². The maximum absolute atomic E-state index is 13.0. The van der Waals surface area contributed by atoms with E-state index in [1.165, 1.54) is 31.4 Å². The molecule has 1 aromatic carbocycles. The van der Waals surface area contributed by atoms with Crippen LogP contribution in [0.3, 0.4) is 0 Å². The van der Waals surface area contributed by atoms with Gasteiger partial charge in [0.2, 0.25) is 0 Å². The molecule has 6 heteroatoms. The zero-order chi connectivity index (χ0) is 18.2. The van der Waals surface area contributed by atoms with E-state index in [4.69, 9.17) is 9.47 Å². The molecule has 0 spiro atoms. The summed E-state index contributed by atoms with van der Waals surface area (Å²) in [4.78, 5) is 17.2. The molecule has 0 saturated carbocycles. The van der Waals surface area contributed by atoms with Crippen molar-refractivity contribution >= 4 is 5.91 Å². The van der Waals surface area contributed by atoms with Gasteiger partial charge in [0.25, 0.3) is 5.91 Å². The molecule has 0 bridgehead atoms. The number of likely N-dealkylation sites (tertiary alicyclic amines) is 1. The van der Waals surface area contributed by atoms with Crippen molar-refractivity contribution in [3.05, 3.63) is 30.1 Å².